The van der Waals surface area contributed by atoms with Crippen LogP contribution in [0, 0.1) is 0 Å². The van der Waals surface area contributed by atoms with E-state index in [-0.39, 0.29) is 0 Å². The Morgan fingerprint density at radius 2 is 1.09 bits per heavy atom. The van der Waals surface area contributed by atoms with Crippen LogP contribution in [0.3, 0.4) is 0 Å². The molecule has 0 bridgehead atoms. The monoisotopic (exact) mass is 318 g/mol. The predicted octanol–water partition coefficient (Wildman–Crippen LogP) is 5.72. The largest absolute Gasteiger partial charge is 0.143 e. The predicted molar refractivity (Wildman–Crippen MR) is 102 cm³/mol. The Hall–Kier alpha value is -1.99. The lowest BCUT2D eigenvalue weighted by Gasteiger charge is -2.14. The highest BCUT2D eigenvalue weighted by atomic mass is 32.1. The van der Waals surface area contributed by atoms with E-state index in [4.69, 9.17) is 12.6 Å². The molecule has 0 atom stereocenters. The summed E-state index contributed by atoms with van der Waals surface area (Å²) in [6.07, 6.45) is 2.93. The first-order valence-electron chi connectivity index (χ1n) is 8.17. The molecule has 0 unspecified atom stereocenters. The summed E-state index contributed by atoms with van der Waals surface area (Å²) >= 11 is 4.86. The molecule has 0 saturated heterocycles. The van der Waals surface area contributed by atoms with Crippen molar-refractivity contribution in [2.24, 2.45) is 0 Å². The first-order valence-corrected chi connectivity index (χ1v) is 8.62. The second-order valence-electron chi connectivity index (χ2n) is 5.94. The van der Waals surface area contributed by atoms with Crippen LogP contribution < -0.4 is 0 Å². The highest BCUT2D eigenvalue weighted by Crippen LogP contribution is 2.26. The van der Waals surface area contributed by atoms with E-state index in [0.717, 1.165) is 24.2 Å². The molecule has 0 fully saturated rings. The van der Waals surface area contributed by atoms with Gasteiger partial charge in [0.05, 0.1) is 0 Å². The third-order valence-electron chi connectivity index (χ3n) is 4.21. The number of aryl methyl sites for hydroxylation is 1. The van der Waals surface area contributed by atoms with Gasteiger partial charge in [-0.2, -0.15) is 0 Å². The molecule has 0 spiro atoms. The summed E-state index contributed by atoms with van der Waals surface area (Å²) in [5, 5.41) is 0. The summed E-state index contributed by atoms with van der Waals surface area (Å²) in [5.74, 6) is 0. The molecule has 116 valence electrons. The third kappa shape index (κ3) is 4.05. The van der Waals surface area contributed by atoms with E-state index in [1.165, 1.54) is 27.8 Å². The minimum absolute atomic E-state index is 0.940. The molecule has 0 heterocycles. The molecule has 0 aliphatic rings. The van der Waals surface area contributed by atoms with Gasteiger partial charge in [0.15, 0.2) is 0 Å². The van der Waals surface area contributed by atoms with Gasteiger partial charge in [-0.1, -0.05) is 79.7 Å². The number of hydrogen-bond donors (Lipinski definition) is 1. The van der Waals surface area contributed by atoms with Crippen LogP contribution in [0.5, 0.6) is 0 Å². The van der Waals surface area contributed by atoms with Crippen molar-refractivity contribution in [3.05, 3.63) is 101 Å². The van der Waals surface area contributed by atoms with Crippen molar-refractivity contribution < 1.29 is 0 Å². The molecule has 0 aliphatic heterocycles. The van der Waals surface area contributed by atoms with Gasteiger partial charge in [0.25, 0.3) is 0 Å². The summed E-state index contributed by atoms with van der Waals surface area (Å²) in [5.41, 5.74) is 6.71. The Morgan fingerprint density at radius 3 is 1.48 bits per heavy atom. The van der Waals surface area contributed by atoms with E-state index >= 15 is 0 Å². The number of benzene rings is 3. The van der Waals surface area contributed by atoms with E-state index in [1.807, 2.05) is 0 Å². The van der Waals surface area contributed by atoms with E-state index < -0.39 is 0 Å². The average Bonchev–Trinajstić information content (AvgIpc) is 2.60. The smallest absolute Gasteiger partial charge is 0.0111 e. The Kier molecular flexibility index (Phi) is 5.19. The van der Waals surface area contributed by atoms with Gasteiger partial charge in [-0.15, -0.1) is 12.6 Å². The van der Waals surface area contributed by atoms with Crippen molar-refractivity contribution >= 4 is 12.6 Å². The van der Waals surface area contributed by atoms with Gasteiger partial charge in [-0.3, -0.25) is 0 Å². The lowest BCUT2D eigenvalue weighted by Crippen LogP contribution is -1.99. The SMILES string of the molecule is CCc1cc(Cc2ccccc2)c(S)c(Cc2ccccc2)c1. The number of thiol groups is 1. The molecular formula is C22H22S. The van der Waals surface area contributed by atoms with Gasteiger partial charge >= 0.3 is 0 Å². The van der Waals surface area contributed by atoms with Crippen LogP contribution in [0.15, 0.2) is 77.7 Å². The van der Waals surface area contributed by atoms with E-state index in [1.54, 1.807) is 0 Å². The van der Waals surface area contributed by atoms with Crippen LogP contribution >= 0.6 is 12.6 Å². The lowest BCUT2D eigenvalue weighted by molar-refractivity contribution is 1.02. The summed E-state index contributed by atoms with van der Waals surface area (Å²) in [6, 6.07) is 25.9. The molecule has 0 radical (unpaired) electrons. The maximum atomic E-state index is 4.86. The zero-order chi connectivity index (χ0) is 16.1. The standard InChI is InChI=1S/C22H22S/c1-2-17-13-20(15-18-9-5-3-6-10-18)22(23)21(14-17)16-19-11-7-4-8-12-19/h3-14,23H,2,15-16H2,1H3. The summed E-state index contributed by atoms with van der Waals surface area (Å²) < 4.78 is 0. The molecule has 3 aromatic carbocycles. The lowest BCUT2D eigenvalue weighted by atomic mass is 9.95. The highest BCUT2D eigenvalue weighted by molar-refractivity contribution is 7.80. The van der Waals surface area contributed by atoms with Gasteiger partial charge in [0.1, 0.15) is 0 Å². The fourth-order valence-corrected chi connectivity index (χ4v) is 3.22. The van der Waals surface area contributed by atoms with E-state index in [0.29, 0.717) is 0 Å². The van der Waals surface area contributed by atoms with Crippen molar-refractivity contribution in [3.63, 3.8) is 0 Å². The van der Waals surface area contributed by atoms with Crippen molar-refractivity contribution in [2.45, 2.75) is 31.1 Å². The summed E-state index contributed by atoms with van der Waals surface area (Å²) in [6.45, 7) is 2.21. The second-order valence-corrected chi connectivity index (χ2v) is 6.39. The first kappa shape index (κ1) is 15.9. The molecular weight excluding hydrogens is 296 g/mol. The van der Waals surface area contributed by atoms with Crippen LogP contribution in [0.4, 0.5) is 0 Å². The summed E-state index contributed by atoms with van der Waals surface area (Å²) in [7, 11) is 0. The Labute approximate surface area is 144 Å². The van der Waals surface area contributed by atoms with Gasteiger partial charge in [0.2, 0.25) is 0 Å². The molecule has 1 heteroatoms. The topological polar surface area (TPSA) is 0 Å². The first-order chi connectivity index (χ1) is 11.3. The molecule has 3 rings (SSSR count). The van der Waals surface area contributed by atoms with Crippen LogP contribution in [0.25, 0.3) is 0 Å². The van der Waals surface area contributed by atoms with Crippen LogP contribution in [0.1, 0.15) is 34.7 Å². The van der Waals surface area contributed by atoms with Crippen LogP contribution in [-0.2, 0) is 19.3 Å². The zero-order valence-electron chi connectivity index (χ0n) is 13.5. The van der Waals surface area contributed by atoms with Gasteiger partial charge < -0.3 is 0 Å². The van der Waals surface area contributed by atoms with Crippen molar-refractivity contribution in [1.82, 2.24) is 0 Å². The Bertz CT molecular complexity index is 698. The normalized spacial score (nSPS) is 10.7. The molecule has 0 amide bonds. The number of hydrogen-bond acceptors (Lipinski definition) is 1. The minimum Gasteiger partial charge on any atom is -0.143 e. The van der Waals surface area contributed by atoms with Crippen LogP contribution in [0.2, 0.25) is 0 Å². The van der Waals surface area contributed by atoms with E-state index in [9.17, 15) is 0 Å². The highest BCUT2D eigenvalue weighted by Gasteiger charge is 2.09. The fourth-order valence-electron chi connectivity index (χ4n) is 2.94. The van der Waals surface area contributed by atoms with E-state index in [2.05, 4.69) is 79.7 Å². The average molecular weight is 318 g/mol. The molecule has 0 saturated carbocycles. The van der Waals surface area contributed by atoms with Crippen LogP contribution in [-0.4, -0.2) is 0 Å². The van der Waals surface area contributed by atoms with Gasteiger partial charge in [-0.05, 0) is 47.1 Å². The third-order valence-corrected chi connectivity index (χ3v) is 4.79. The van der Waals surface area contributed by atoms with Crippen molar-refractivity contribution in [3.8, 4) is 0 Å². The quantitative estimate of drug-likeness (QED) is 0.572. The molecule has 0 aliphatic carbocycles. The minimum atomic E-state index is 0.940. The molecule has 0 N–H and O–H groups in total. The Morgan fingerprint density at radius 1 is 0.652 bits per heavy atom. The maximum Gasteiger partial charge on any atom is 0.0111 e. The Balaban J connectivity index is 1.95. The molecule has 3 aromatic rings. The maximum absolute atomic E-state index is 4.86. The zero-order valence-corrected chi connectivity index (χ0v) is 14.4. The number of rotatable bonds is 5. The molecule has 0 nitrogen and oxygen atoms in total. The van der Waals surface area contributed by atoms with Crippen molar-refractivity contribution in [1.29, 1.82) is 0 Å². The fraction of sp³-hybridized carbons (Fsp3) is 0.182. The van der Waals surface area contributed by atoms with Gasteiger partial charge in [-0.25, -0.2) is 0 Å². The summed E-state index contributed by atoms with van der Waals surface area (Å²) in [4.78, 5) is 1.13. The van der Waals surface area contributed by atoms with Crippen molar-refractivity contribution in [2.75, 3.05) is 0 Å². The molecule has 0 aromatic heterocycles. The van der Waals surface area contributed by atoms with Gasteiger partial charge in [0, 0.05) is 4.90 Å². The second kappa shape index (κ2) is 7.52. The molecule has 23 heavy (non-hydrogen) atoms.